The normalized spacial score (nSPS) is 18.4. The molecular weight excluding hydrogens is 286 g/mol. The van der Waals surface area contributed by atoms with E-state index in [9.17, 15) is 8.42 Å². The third-order valence-corrected chi connectivity index (χ3v) is 5.40. The molecule has 1 aromatic rings. The van der Waals surface area contributed by atoms with Gasteiger partial charge in [0.05, 0.1) is 4.90 Å². The molecule has 1 heterocycles. The molecule has 1 fully saturated rings. The van der Waals surface area contributed by atoms with Gasteiger partial charge in [0.15, 0.2) is 0 Å². The van der Waals surface area contributed by atoms with Crippen molar-refractivity contribution in [3.8, 4) is 0 Å². The van der Waals surface area contributed by atoms with Crippen LogP contribution in [0.15, 0.2) is 29.2 Å². The van der Waals surface area contributed by atoms with Crippen molar-refractivity contribution in [2.75, 3.05) is 32.0 Å². The molecule has 1 saturated heterocycles. The van der Waals surface area contributed by atoms with Crippen LogP contribution in [-0.4, -0.2) is 46.0 Å². The van der Waals surface area contributed by atoms with Crippen molar-refractivity contribution in [3.05, 3.63) is 24.3 Å². The summed E-state index contributed by atoms with van der Waals surface area (Å²) < 4.78 is 27.4. The van der Waals surface area contributed by atoms with Crippen LogP contribution in [0.2, 0.25) is 0 Å². The molecule has 1 atom stereocenters. The van der Waals surface area contributed by atoms with Crippen molar-refractivity contribution >= 4 is 15.7 Å². The fourth-order valence-corrected chi connectivity index (χ4v) is 3.93. The third kappa shape index (κ3) is 4.69. The highest BCUT2D eigenvalue weighted by Crippen LogP contribution is 2.14. The highest BCUT2D eigenvalue weighted by atomic mass is 32.2. The average molecular weight is 311 g/mol. The first-order chi connectivity index (χ1) is 10.0. The van der Waals surface area contributed by atoms with E-state index in [1.54, 1.807) is 24.3 Å². The molecule has 1 aliphatic rings. The Bertz CT molecular complexity index is 537. The minimum atomic E-state index is -3.44. The summed E-state index contributed by atoms with van der Waals surface area (Å²) in [5.74, 6) is 0. The van der Waals surface area contributed by atoms with Crippen LogP contribution in [0.4, 0.5) is 5.69 Å². The monoisotopic (exact) mass is 311 g/mol. The molecule has 21 heavy (non-hydrogen) atoms. The third-order valence-electron chi connectivity index (χ3n) is 3.79. The molecule has 0 amide bonds. The van der Waals surface area contributed by atoms with Crippen LogP contribution in [0.3, 0.4) is 0 Å². The molecule has 1 aromatic carbocycles. The highest BCUT2D eigenvalue weighted by Gasteiger charge is 2.20. The van der Waals surface area contributed by atoms with Gasteiger partial charge in [-0.3, -0.25) is 0 Å². The van der Waals surface area contributed by atoms with Crippen LogP contribution in [0.1, 0.15) is 26.2 Å². The molecule has 1 aliphatic heterocycles. The van der Waals surface area contributed by atoms with Crippen LogP contribution in [0.25, 0.3) is 0 Å². The van der Waals surface area contributed by atoms with Gasteiger partial charge in [0.25, 0.3) is 0 Å². The first-order valence-electron chi connectivity index (χ1n) is 7.54. The Labute approximate surface area is 127 Å². The highest BCUT2D eigenvalue weighted by molar-refractivity contribution is 7.89. The Morgan fingerprint density at radius 3 is 2.33 bits per heavy atom. The maximum absolute atomic E-state index is 12.3. The molecule has 118 valence electrons. The van der Waals surface area contributed by atoms with Gasteiger partial charge >= 0.3 is 0 Å². The van der Waals surface area contributed by atoms with Crippen LogP contribution in [-0.2, 0) is 10.0 Å². The van der Waals surface area contributed by atoms with Gasteiger partial charge in [-0.25, -0.2) is 13.1 Å². The van der Waals surface area contributed by atoms with E-state index in [0.717, 1.165) is 25.3 Å². The molecule has 0 bridgehead atoms. The van der Waals surface area contributed by atoms with E-state index in [-0.39, 0.29) is 6.04 Å². The standard InChI is InChI=1S/C15H25N3O2S/c1-13(12-18-10-4-3-5-11-18)17-21(19,20)15-8-6-14(16-2)7-9-15/h6-9,13,16-17H,3-5,10-12H2,1-2H3. The SMILES string of the molecule is CNc1ccc(S(=O)(=O)NC(C)CN2CCCCC2)cc1. The molecule has 0 aliphatic carbocycles. The molecule has 5 nitrogen and oxygen atoms in total. The quantitative estimate of drug-likeness (QED) is 0.842. The smallest absolute Gasteiger partial charge is 0.240 e. The average Bonchev–Trinajstić information content (AvgIpc) is 2.47. The van der Waals surface area contributed by atoms with Gasteiger partial charge in [-0.2, -0.15) is 0 Å². The number of hydrogen-bond donors (Lipinski definition) is 2. The predicted molar refractivity (Wildman–Crippen MR) is 86.1 cm³/mol. The summed E-state index contributed by atoms with van der Waals surface area (Å²) in [4.78, 5) is 2.65. The molecule has 0 radical (unpaired) electrons. The molecule has 0 saturated carbocycles. The van der Waals surface area contributed by atoms with Gasteiger partial charge in [0.1, 0.15) is 0 Å². The van der Waals surface area contributed by atoms with Crippen molar-refractivity contribution in [2.45, 2.75) is 37.1 Å². The number of likely N-dealkylation sites (tertiary alicyclic amines) is 1. The summed E-state index contributed by atoms with van der Waals surface area (Å²) in [5, 5.41) is 2.98. The van der Waals surface area contributed by atoms with Crippen LogP contribution in [0, 0.1) is 0 Å². The zero-order valence-corrected chi connectivity index (χ0v) is 13.6. The molecule has 0 spiro atoms. The zero-order valence-electron chi connectivity index (χ0n) is 12.8. The summed E-state index contributed by atoms with van der Waals surface area (Å²) in [7, 11) is -1.63. The summed E-state index contributed by atoms with van der Waals surface area (Å²) in [6, 6.07) is 6.70. The van der Waals surface area contributed by atoms with E-state index in [0.29, 0.717) is 4.90 Å². The second-order valence-electron chi connectivity index (χ2n) is 5.66. The number of benzene rings is 1. The summed E-state index contributed by atoms with van der Waals surface area (Å²) in [6.07, 6.45) is 3.71. The van der Waals surface area contributed by atoms with E-state index in [1.807, 2.05) is 14.0 Å². The van der Waals surface area contributed by atoms with Gasteiger partial charge in [-0.15, -0.1) is 0 Å². The molecule has 0 aromatic heterocycles. The number of rotatable bonds is 6. The Morgan fingerprint density at radius 1 is 1.14 bits per heavy atom. The minimum absolute atomic E-state index is 0.0860. The summed E-state index contributed by atoms with van der Waals surface area (Å²) in [6.45, 7) is 4.84. The summed E-state index contributed by atoms with van der Waals surface area (Å²) in [5.41, 5.74) is 0.898. The van der Waals surface area contributed by atoms with Gasteiger partial charge in [-0.1, -0.05) is 6.42 Å². The summed E-state index contributed by atoms with van der Waals surface area (Å²) >= 11 is 0. The lowest BCUT2D eigenvalue weighted by Gasteiger charge is -2.29. The second-order valence-corrected chi connectivity index (χ2v) is 7.37. The first kappa shape index (κ1) is 16.3. The Kier molecular flexibility index (Phi) is 5.61. The fraction of sp³-hybridized carbons (Fsp3) is 0.600. The lowest BCUT2D eigenvalue weighted by molar-refractivity contribution is 0.215. The van der Waals surface area contributed by atoms with Crippen LogP contribution >= 0.6 is 0 Å². The van der Waals surface area contributed by atoms with Gasteiger partial charge < -0.3 is 10.2 Å². The first-order valence-corrected chi connectivity index (χ1v) is 9.02. The Balaban J connectivity index is 1.95. The fourth-order valence-electron chi connectivity index (χ4n) is 2.70. The van der Waals surface area contributed by atoms with Gasteiger partial charge in [-0.05, 0) is 57.1 Å². The molecule has 2 N–H and O–H groups in total. The minimum Gasteiger partial charge on any atom is -0.388 e. The number of piperidine rings is 1. The van der Waals surface area contributed by atoms with E-state index in [1.165, 1.54) is 19.3 Å². The molecule has 2 rings (SSSR count). The van der Waals surface area contributed by atoms with Crippen molar-refractivity contribution < 1.29 is 8.42 Å². The van der Waals surface area contributed by atoms with E-state index in [4.69, 9.17) is 0 Å². The number of hydrogen-bond acceptors (Lipinski definition) is 4. The number of nitrogens with zero attached hydrogens (tertiary/aromatic N) is 1. The second kappa shape index (κ2) is 7.24. The van der Waals surface area contributed by atoms with Crippen molar-refractivity contribution in [2.24, 2.45) is 0 Å². The molecule has 6 heteroatoms. The Morgan fingerprint density at radius 2 is 1.76 bits per heavy atom. The lowest BCUT2D eigenvalue weighted by Crippen LogP contribution is -2.43. The van der Waals surface area contributed by atoms with Gasteiger partial charge in [0.2, 0.25) is 10.0 Å². The molecule has 1 unspecified atom stereocenters. The van der Waals surface area contributed by atoms with Crippen molar-refractivity contribution in [1.29, 1.82) is 0 Å². The van der Waals surface area contributed by atoms with E-state index >= 15 is 0 Å². The zero-order chi connectivity index (χ0) is 15.3. The number of anilines is 1. The number of nitrogens with one attached hydrogen (secondary N) is 2. The van der Waals surface area contributed by atoms with Crippen LogP contribution in [0.5, 0.6) is 0 Å². The largest absolute Gasteiger partial charge is 0.388 e. The maximum atomic E-state index is 12.3. The van der Waals surface area contributed by atoms with Crippen molar-refractivity contribution in [1.82, 2.24) is 9.62 Å². The van der Waals surface area contributed by atoms with Gasteiger partial charge in [0, 0.05) is 25.3 Å². The lowest BCUT2D eigenvalue weighted by atomic mass is 10.1. The van der Waals surface area contributed by atoms with E-state index < -0.39 is 10.0 Å². The topological polar surface area (TPSA) is 61.4 Å². The number of sulfonamides is 1. The van der Waals surface area contributed by atoms with Crippen LogP contribution < -0.4 is 10.0 Å². The predicted octanol–water partition coefficient (Wildman–Crippen LogP) is 1.88. The Hall–Kier alpha value is -1.11. The van der Waals surface area contributed by atoms with E-state index in [2.05, 4.69) is 14.9 Å². The van der Waals surface area contributed by atoms with Crippen molar-refractivity contribution in [3.63, 3.8) is 0 Å². The maximum Gasteiger partial charge on any atom is 0.240 e. The molecular formula is C15H25N3O2S.